The van der Waals surface area contributed by atoms with Crippen molar-refractivity contribution in [3.05, 3.63) is 0 Å². The predicted octanol–water partition coefficient (Wildman–Crippen LogP) is 1.19. The molecule has 1 atom stereocenters. The topological polar surface area (TPSA) is 61.4 Å². The zero-order valence-corrected chi connectivity index (χ0v) is 13.9. The first-order valence-electron chi connectivity index (χ1n) is 8.49. The number of piperidine rings is 1. The van der Waals surface area contributed by atoms with Crippen LogP contribution in [0.5, 0.6) is 0 Å². The quantitative estimate of drug-likeness (QED) is 0.707. The van der Waals surface area contributed by atoms with Crippen LogP contribution in [0.4, 0.5) is 0 Å². The molecule has 0 aromatic rings. The van der Waals surface area contributed by atoms with Gasteiger partial charge in [-0.1, -0.05) is 0 Å². The van der Waals surface area contributed by atoms with Gasteiger partial charge in [-0.15, -0.1) is 0 Å². The summed E-state index contributed by atoms with van der Waals surface area (Å²) < 4.78 is 29.6. The van der Waals surface area contributed by atoms with E-state index >= 15 is 0 Å². The van der Waals surface area contributed by atoms with Crippen LogP contribution < -0.4 is 10.0 Å². The van der Waals surface area contributed by atoms with Crippen molar-refractivity contribution in [2.45, 2.75) is 38.5 Å². The highest BCUT2D eigenvalue weighted by molar-refractivity contribution is 7.87. The number of hydrogen-bond donors (Lipinski definition) is 2. The summed E-state index contributed by atoms with van der Waals surface area (Å²) in [5.41, 5.74) is 0. The van der Waals surface area contributed by atoms with Crippen LogP contribution in [0.2, 0.25) is 0 Å². The van der Waals surface area contributed by atoms with Crippen molar-refractivity contribution in [3.63, 3.8) is 0 Å². The molecule has 6 heteroatoms. The van der Waals surface area contributed by atoms with E-state index in [2.05, 4.69) is 10.0 Å². The number of nitrogens with zero attached hydrogens (tertiary/aromatic N) is 1. The van der Waals surface area contributed by atoms with Gasteiger partial charge in [-0.05, 0) is 75.8 Å². The zero-order chi connectivity index (χ0) is 14.9. The highest BCUT2D eigenvalue weighted by Gasteiger charge is 2.42. The second kappa shape index (κ2) is 6.52. The second-order valence-corrected chi connectivity index (χ2v) is 8.87. The van der Waals surface area contributed by atoms with Gasteiger partial charge in [0.25, 0.3) is 10.2 Å². The molecule has 3 fully saturated rings. The molecular formula is C15H29N3O2S. The van der Waals surface area contributed by atoms with Gasteiger partial charge in [0.05, 0.1) is 0 Å². The van der Waals surface area contributed by atoms with Gasteiger partial charge < -0.3 is 5.32 Å². The molecule has 1 heterocycles. The van der Waals surface area contributed by atoms with E-state index in [0.717, 1.165) is 31.2 Å². The average molecular weight is 315 g/mol. The van der Waals surface area contributed by atoms with Crippen LogP contribution in [0, 0.1) is 23.7 Å². The molecule has 1 saturated heterocycles. The Morgan fingerprint density at radius 3 is 2.38 bits per heavy atom. The van der Waals surface area contributed by atoms with Gasteiger partial charge >= 0.3 is 0 Å². The van der Waals surface area contributed by atoms with E-state index in [1.165, 1.54) is 25.7 Å². The molecule has 2 saturated carbocycles. The van der Waals surface area contributed by atoms with Crippen LogP contribution in [0.3, 0.4) is 0 Å². The van der Waals surface area contributed by atoms with Gasteiger partial charge in [0.1, 0.15) is 0 Å². The molecule has 5 nitrogen and oxygen atoms in total. The van der Waals surface area contributed by atoms with Gasteiger partial charge in [-0.2, -0.15) is 12.7 Å². The number of rotatable bonds is 8. The third kappa shape index (κ3) is 4.18. The van der Waals surface area contributed by atoms with Crippen LogP contribution in [-0.4, -0.2) is 45.9 Å². The van der Waals surface area contributed by atoms with E-state index < -0.39 is 10.2 Å². The maximum atomic E-state index is 12.5. The summed E-state index contributed by atoms with van der Waals surface area (Å²) in [6.07, 6.45) is 7.31. The lowest BCUT2D eigenvalue weighted by molar-refractivity contribution is 0.259. The third-order valence-corrected chi connectivity index (χ3v) is 6.81. The molecule has 1 unspecified atom stereocenters. The first kappa shape index (κ1) is 15.7. The van der Waals surface area contributed by atoms with Gasteiger partial charge in [0, 0.05) is 19.6 Å². The summed E-state index contributed by atoms with van der Waals surface area (Å²) in [4.78, 5) is 0. The molecule has 122 valence electrons. The lowest BCUT2D eigenvalue weighted by atomic mass is 9.99. The van der Waals surface area contributed by atoms with Gasteiger partial charge in [-0.25, -0.2) is 4.72 Å². The Kier molecular flexibility index (Phi) is 4.88. The number of hydrogen-bond acceptors (Lipinski definition) is 3. The van der Waals surface area contributed by atoms with E-state index in [1.807, 2.05) is 7.05 Å². The minimum Gasteiger partial charge on any atom is -0.319 e. The summed E-state index contributed by atoms with van der Waals surface area (Å²) in [6, 6.07) is 0. The Labute approximate surface area is 129 Å². The SMILES string of the molecule is CNCC1CCCN(S(=O)(=O)NCC(C2CC2)C2CC2)C1. The molecule has 2 aliphatic carbocycles. The highest BCUT2D eigenvalue weighted by atomic mass is 32.2. The minimum atomic E-state index is -3.29. The molecule has 3 aliphatic rings. The van der Waals surface area contributed by atoms with Crippen LogP contribution in [0.1, 0.15) is 38.5 Å². The fourth-order valence-corrected chi connectivity index (χ4v) is 5.12. The molecular weight excluding hydrogens is 286 g/mol. The fourth-order valence-electron chi connectivity index (χ4n) is 3.76. The predicted molar refractivity (Wildman–Crippen MR) is 84.1 cm³/mol. The van der Waals surface area contributed by atoms with Crippen LogP contribution in [0.15, 0.2) is 0 Å². The Morgan fingerprint density at radius 2 is 1.81 bits per heavy atom. The van der Waals surface area contributed by atoms with E-state index in [-0.39, 0.29) is 0 Å². The summed E-state index contributed by atoms with van der Waals surface area (Å²) in [6.45, 7) is 2.89. The van der Waals surface area contributed by atoms with E-state index in [1.54, 1.807) is 4.31 Å². The van der Waals surface area contributed by atoms with Crippen molar-refractivity contribution in [1.29, 1.82) is 0 Å². The molecule has 1 aliphatic heterocycles. The largest absolute Gasteiger partial charge is 0.319 e. The standard InChI is InChI=1S/C15H29N3O2S/c1-16-9-12-3-2-8-18(11-12)21(19,20)17-10-15(13-4-5-13)14-6-7-14/h12-17H,2-11H2,1H3. The lowest BCUT2D eigenvalue weighted by Gasteiger charge is -2.32. The van der Waals surface area contributed by atoms with Crippen molar-refractivity contribution < 1.29 is 8.42 Å². The summed E-state index contributed by atoms with van der Waals surface area (Å²) in [5, 5.41) is 3.16. The molecule has 21 heavy (non-hydrogen) atoms. The van der Waals surface area contributed by atoms with Crippen LogP contribution >= 0.6 is 0 Å². The average Bonchev–Trinajstić information content (AvgIpc) is 3.34. The normalized spacial score (nSPS) is 28.2. The molecule has 0 spiro atoms. The van der Waals surface area contributed by atoms with Crippen LogP contribution in [-0.2, 0) is 10.2 Å². The van der Waals surface area contributed by atoms with E-state index in [4.69, 9.17) is 0 Å². The highest BCUT2D eigenvalue weighted by Crippen LogP contribution is 2.48. The molecule has 0 bridgehead atoms. The molecule has 0 aromatic carbocycles. The first-order valence-corrected chi connectivity index (χ1v) is 9.93. The van der Waals surface area contributed by atoms with Crippen molar-refractivity contribution in [2.75, 3.05) is 33.2 Å². The summed E-state index contributed by atoms with van der Waals surface area (Å²) in [7, 11) is -1.35. The van der Waals surface area contributed by atoms with E-state index in [0.29, 0.717) is 31.5 Å². The van der Waals surface area contributed by atoms with Gasteiger partial charge in [-0.3, -0.25) is 0 Å². The maximum Gasteiger partial charge on any atom is 0.279 e. The van der Waals surface area contributed by atoms with Gasteiger partial charge in [0.15, 0.2) is 0 Å². The third-order valence-electron chi connectivity index (χ3n) is 5.27. The molecule has 0 amide bonds. The molecule has 2 N–H and O–H groups in total. The Morgan fingerprint density at radius 1 is 1.14 bits per heavy atom. The van der Waals surface area contributed by atoms with Crippen molar-refractivity contribution in [1.82, 2.24) is 14.3 Å². The van der Waals surface area contributed by atoms with E-state index in [9.17, 15) is 8.42 Å². The Balaban J connectivity index is 1.52. The Bertz CT molecular complexity index is 432. The number of nitrogens with one attached hydrogen (secondary N) is 2. The van der Waals surface area contributed by atoms with Crippen molar-refractivity contribution in [2.24, 2.45) is 23.7 Å². The smallest absolute Gasteiger partial charge is 0.279 e. The molecule has 3 rings (SSSR count). The maximum absolute atomic E-state index is 12.5. The lowest BCUT2D eigenvalue weighted by Crippen LogP contribution is -2.48. The molecule has 0 radical (unpaired) electrons. The van der Waals surface area contributed by atoms with Crippen molar-refractivity contribution in [3.8, 4) is 0 Å². The molecule has 0 aromatic heterocycles. The Hall–Kier alpha value is -0.170. The monoisotopic (exact) mass is 315 g/mol. The zero-order valence-electron chi connectivity index (χ0n) is 13.1. The van der Waals surface area contributed by atoms with Gasteiger partial charge in [0.2, 0.25) is 0 Å². The summed E-state index contributed by atoms with van der Waals surface area (Å²) >= 11 is 0. The van der Waals surface area contributed by atoms with Crippen molar-refractivity contribution >= 4 is 10.2 Å². The first-order chi connectivity index (χ1) is 10.1. The summed E-state index contributed by atoms with van der Waals surface area (Å²) in [5.74, 6) is 2.62. The second-order valence-electron chi connectivity index (χ2n) is 7.12. The van der Waals surface area contributed by atoms with Crippen LogP contribution in [0.25, 0.3) is 0 Å². The minimum absolute atomic E-state index is 0.447. The fraction of sp³-hybridized carbons (Fsp3) is 1.00.